The fraction of sp³-hybridized carbons (Fsp3) is 0.176. The quantitative estimate of drug-likeness (QED) is 0.608. The first-order valence-electron chi connectivity index (χ1n) is 7.50. The van der Waals surface area contributed by atoms with Crippen LogP contribution in [0.5, 0.6) is 0 Å². The van der Waals surface area contributed by atoms with E-state index in [0.29, 0.717) is 21.4 Å². The Kier molecular flexibility index (Phi) is 6.06. The zero-order valence-electron chi connectivity index (χ0n) is 13.3. The summed E-state index contributed by atoms with van der Waals surface area (Å²) in [4.78, 5) is 18.3. The topological polar surface area (TPSA) is 50.1 Å². The summed E-state index contributed by atoms with van der Waals surface area (Å²) < 4.78 is 4.38. The van der Waals surface area contributed by atoms with E-state index < -0.39 is 0 Å². The predicted octanol–water partition coefficient (Wildman–Crippen LogP) is 4.88. The minimum atomic E-state index is -0.154. The molecule has 0 aliphatic rings. The van der Waals surface area contributed by atoms with Gasteiger partial charge in [0.25, 0.3) is 0 Å². The highest BCUT2D eigenvalue weighted by Gasteiger charge is 2.04. The minimum Gasteiger partial charge on any atom is -0.267 e. The van der Waals surface area contributed by atoms with E-state index in [9.17, 15) is 4.79 Å². The van der Waals surface area contributed by atoms with Crippen molar-refractivity contribution < 1.29 is 0 Å². The third kappa shape index (κ3) is 4.79. The molecule has 3 rings (SSSR count). The smallest absolute Gasteiger partial charge is 0.267 e. The van der Waals surface area contributed by atoms with E-state index in [1.807, 2.05) is 43.3 Å². The van der Waals surface area contributed by atoms with Crippen molar-refractivity contribution >= 4 is 52.2 Å². The molecule has 0 aliphatic heterocycles. The Morgan fingerprint density at radius 3 is 2.68 bits per heavy atom. The molecule has 1 aromatic heterocycles. The van der Waals surface area contributed by atoms with E-state index in [-0.39, 0.29) is 5.69 Å². The third-order valence-electron chi connectivity index (χ3n) is 3.48. The highest BCUT2D eigenvalue weighted by Crippen LogP contribution is 2.22. The lowest BCUT2D eigenvalue weighted by Crippen LogP contribution is -2.27. The van der Waals surface area contributed by atoms with E-state index in [1.165, 1.54) is 11.5 Å². The molecule has 2 aromatic carbocycles. The van der Waals surface area contributed by atoms with Crippen LogP contribution < -0.4 is 10.5 Å². The number of hydrogen-bond acceptors (Lipinski definition) is 4. The minimum absolute atomic E-state index is 0.154. The van der Waals surface area contributed by atoms with Crippen molar-refractivity contribution in [3.8, 4) is 0 Å². The lowest BCUT2D eigenvalue weighted by atomic mass is 10.2. The Balaban J connectivity index is 1.77. The molecule has 130 valence electrons. The SMILES string of the molecule is Cc1ccc(/N=c2\s[nH]c(=O)n2CCSc2ccc(Cl)cc2)cc1Cl. The van der Waals surface area contributed by atoms with Crippen LogP contribution in [0.15, 0.2) is 57.1 Å². The number of aromatic amines is 1. The molecular weight excluding hydrogens is 397 g/mol. The average molecular weight is 412 g/mol. The van der Waals surface area contributed by atoms with E-state index in [4.69, 9.17) is 23.2 Å². The van der Waals surface area contributed by atoms with Gasteiger partial charge in [0, 0.05) is 27.2 Å². The second kappa shape index (κ2) is 8.27. The summed E-state index contributed by atoms with van der Waals surface area (Å²) >= 11 is 14.9. The molecule has 4 nitrogen and oxygen atoms in total. The molecule has 0 fully saturated rings. The number of aromatic nitrogens is 2. The van der Waals surface area contributed by atoms with E-state index in [1.54, 1.807) is 22.4 Å². The molecule has 8 heteroatoms. The van der Waals surface area contributed by atoms with Gasteiger partial charge in [0.05, 0.1) is 5.69 Å². The summed E-state index contributed by atoms with van der Waals surface area (Å²) in [5.74, 6) is 0.753. The summed E-state index contributed by atoms with van der Waals surface area (Å²) in [5.41, 5.74) is 1.57. The monoisotopic (exact) mass is 411 g/mol. The van der Waals surface area contributed by atoms with Crippen molar-refractivity contribution in [2.24, 2.45) is 4.99 Å². The number of nitrogens with zero attached hydrogens (tertiary/aromatic N) is 2. The van der Waals surface area contributed by atoms with Crippen molar-refractivity contribution in [2.45, 2.75) is 18.4 Å². The number of rotatable bonds is 5. The summed E-state index contributed by atoms with van der Waals surface area (Å²) in [6.07, 6.45) is 0. The van der Waals surface area contributed by atoms with Crippen molar-refractivity contribution in [1.29, 1.82) is 0 Å². The van der Waals surface area contributed by atoms with Crippen molar-refractivity contribution in [3.63, 3.8) is 0 Å². The fourth-order valence-electron chi connectivity index (χ4n) is 2.11. The number of nitrogens with one attached hydrogen (secondary N) is 1. The van der Waals surface area contributed by atoms with E-state index in [2.05, 4.69) is 9.37 Å². The van der Waals surface area contributed by atoms with Crippen LogP contribution in [0.3, 0.4) is 0 Å². The van der Waals surface area contributed by atoms with Gasteiger partial charge >= 0.3 is 5.69 Å². The molecule has 3 aromatic rings. The van der Waals surface area contributed by atoms with Crippen LogP contribution in [0.2, 0.25) is 10.0 Å². The molecule has 0 unspecified atom stereocenters. The number of H-pyrrole nitrogens is 1. The first kappa shape index (κ1) is 18.3. The highest BCUT2D eigenvalue weighted by molar-refractivity contribution is 7.99. The standard InChI is InChI=1S/C17H15Cl2N3OS2/c1-11-2-5-13(10-15(11)19)20-17-22(16(23)21-25-17)8-9-24-14-6-3-12(18)4-7-14/h2-7,10H,8-9H2,1H3,(H,21,23)/b20-17-. The summed E-state index contributed by atoms with van der Waals surface area (Å²) in [6, 6.07) is 13.3. The molecule has 0 bridgehead atoms. The van der Waals surface area contributed by atoms with Crippen LogP contribution in [0.4, 0.5) is 5.69 Å². The molecule has 0 spiro atoms. The number of aryl methyl sites for hydroxylation is 1. The van der Waals surface area contributed by atoms with Crippen LogP contribution in [0, 0.1) is 6.92 Å². The van der Waals surface area contributed by atoms with Gasteiger partial charge in [0.1, 0.15) is 0 Å². The predicted molar refractivity (Wildman–Crippen MR) is 107 cm³/mol. The van der Waals surface area contributed by atoms with Crippen LogP contribution in [0.25, 0.3) is 0 Å². The number of benzene rings is 2. The molecule has 0 saturated carbocycles. The lowest BCUT2D eigenvalue weighted by Gasteiger charge is -2.03. The zero-order chi connectivity index (χ0) is 17.8. The second-order valence-corrected chi connectivity index (χ2v) is 8.08. The molecule has 0 atom stereocenters. The third-order valence-corrected chi connectivity index (χ3v) is 5.91. The van der Waals surface area contributed by atoms with Crippen LogP contribution in [-0.2, 0) is 6.54 Å². The molecular formula is C17H15Cl2N3OS2. The zero-order valence-corrected chi connectivity index (χ0v) is 16.5. The molecule has 0 radical (unpaired) electrons. The van der Waals surface area contributed by atoms with Gasteiger partial charge in [-0.1, -0.05) is 29.3 Å². The summed E-state index contributed by atoms with van der Waals surface area (Å²) in [7, 11) is 0. The Hall–Kier alpha value is -1.47. The van der Waals surface area contributed by atoms with Gasteiger partial charge in [-0.15, -0.1) is 11.8 Å². The Labute approximate surface area is 163 Å². The van der Waals surface area contributed by atoms with E-state index >= 15 is 0 Å². The van der Waals surface area contributed by atoms with Crippen molar-refractivity contribution in [1.82, 2.24) is 8.94 Å². The lowest BCUT2D eigenvalue weighted by molar-refractivity contribution is 0.705. The van der Waals surface area contributed by atoms with Gasteiger partial charge in [0.15, 0.2) is 0 Å². The Morgan fingerprint density at radius 1 is 1.20 bits per heavy atom. The van der Waals surface area contributed by atoms with Crippen LogP contribution in [0.1, 0.15) is 5.56 Å². The van der Waals surface area contributed by atoms with Crippen LogP contribution in [-0.4, -0.2) is 14.7 Å². The van der Waals surface area contributed by atoms with Gasteiger partial charge in [0.2, 0.25) is 4.80 Å². The van der Waals surface area contributed by atoms with Gasteiger partial charge in [-0.25, -0.2) is 9.79 Å². The van der Waals surface area contributed by atoms with E-state index in [0.717, 1.165) is 21.9 Å². The number of hydrogen-bond donors (Lipinski definition) is 1. The Bertz CT molecular complexity index is 990. The molecule has 0 amide bonds. The largest absolute Gasteiger partial charge is 0.337 e. The maximum atomic E-state index is 12.0. The van der Waals surface area contributed by atoms with Gasteiger partial charge in [-0.05, 0) is 60.4 Å². The van der Waals surface area contributed by atoms with Gasteiger partial charge in [-0.2, -0.15) is 0 Å². The fourth-order valence-corrected chi connectivity index (χ4v) is 3.98. The first-order valence-corrected chi connectivity index (χ1v) is 10.1. The maximum Gasteiger partial charge on any atom is 0.337 e. The van der Waals surface area contributed by atoms with Crippen LogP contribution >= 0.6 is 46.5 Å². The molecule has 0 saturated heterocycles. The number of halogens is 2. The van der Waals surface area contributed by atoms with Gasteiger partial charge < -0.3 is 0 Å². The Morgan fingerprint density at radius 2 is 1.96 bits per heavy atom. The molecule has 0 aliphatic carbocycles. The number of thioether (sulfide) groups is 1. The van der Waals surface area contributed by atoms with Crippen molar-refractivity contribution in [2.75, 3.05) is 5.75 Å². The van der Waals surface area contributed by atoms with Crippen molar-refractivity contribution in [3.05, 3.63) is 73.4 Å². The first-order chi connectivity index (χ1) is 12.0. The maximum absolute atomic E-state index is 12.0. The molecule has 1 N–H and O–H groups in total. The summed E-state index contributed by atoms with van der Waals surface area (Å²) in [5, 5.41) is 1.37. The average Bonchev–Trinajstić information content (AvgIpc) is 2.93. The summed E-state index contributed by atoms with van der Waals surface area (Å²) in [6.45, 7) is 2.50. The normalized spacial score (nSPS) is 11.9. The van der Waals surface area contributed by atoms with Gasteiger partial charge in [-0.3, -0.25) is 8.94 Å². The molecule has 1 heterocycles. The molecule has 25 heavy (non-hydrogen) atoms. The highest BCUT2D eigenvalue weighted by atomic mass is 35.5. The second-order valence-electron chi connectivity index (χ2n) is 5.29.